The van der Waals surface area contributed by atoms with Gasteiger partial charge in [-0.25, -0.2) is 0 Å². The molecule has 10 rings (SSSR count). The molecule has 0 spiro atoms. The van der Waals surface area contributed by atoms with E-state index in [1.807, 2.05) is 22.7 Å². The lowest BCUT2D eigenvalue weighted by molar-refractivity contribution is 1.23. The van der Waals surface area contributed by atoms with Gasteiger partial charge in [-0.3, -0.25) is 0 Å². The summed E-state index contributed by atoms with van der Waals surface area (Å²) in [5, 5.41) is 7.63. The molecule has 2 aliphatic carbocycles. The highest BCUT2D eigenvalue weighted by Gasteiger charge is 2.20. The van der Waals surface area contributed by atoms with Crippen LogP contribution in [-0.2, 0) is 0 Å². The standard InChI is InChI=1S/C49H32S2/c1-2-13-35(14-3-1)44-24-26-46(50-44)47-27-25-45(51-47)37-22-23-42-43(31-37)49(38-19-18-32-10-4-5-11-33(28-32)29-38)41-17-9-8-16-40(41)48(42)39-21-20-34-12-6-7-15-36(34)30-39/h1-27,29-31H,28H2. The summed E-state index contributed by atoms with van der Waals surface area (Å²) >= 11 is 3.74. The van der Waals surface area contributed by atoms with Gasteiger partial charge in [0.25, 0.3) is 0 Å². The van der Waals surface area contributed by atoms with Gasteiger partial charge >= 0.3 is 0 Å². The van der Waals surface area contributed by atoms with E-state index < -0.39 is 0 Å². The van der Waals surface area contributed by atoms with Crippen LogP contribution in [0, 0.1) is 0 Å². The smallest absolute Gasteiger partial charge is 0.0449 e. The first-order valence-electron chi connectivity index (χ1n) is 17.5. The van der Waals surface area contributed by atoms with Crippen LogP contribution in [0.25, 0.3) is 79.7 Å². The Morgan fingerprint density at radius 3 is 1.82 bits per heavy atom. The molecule has 0 amide bonds. The number of fused-ring (bicyclic) bond motifs is 5. The third kappa shape index (κ3) is 5.45. The Balaban J connectivity index is 1.19. The minimum atomic E-state index is 0.940. The maximum absolute atomic E-state index is 2.45. The number of rotatable bonds is 5. The molecule has 2 aromatic heterocycles. The van der Waals surface area contributed by atoms with Crippen LogP contribution >= 0.6 is 22.7 Å². The molecule has 0 N–H and O–H groups in total. The van der Waals surface area contributed by atoms with Gasteiger partial charge in [0.1, 0.15) is 0 Å². The fraction of sp³-hybridized carbons (Fsp3) is 0.0204. The van der Waals surface area contributed by atoms with Gasteiger partial charge in [-0.05, 0) is 120 Å². The Kier molecular flexibility index (Phi) is 7.37. The molecule has 8 aromatic rings. The Morgan fingerprint density at radius 2 is 1.02 bits per heavy atom. The normalized spacial score (nSPS) is 14.0. The van der Waals surface area contributed by atoms with Crippen molar-refractivity contribution >= 4 is 60.6 Å². The molecule has 0 saturated carbocycles. The summed E-state index contributed by atoms with van der Waals surface area (Å²) < 4.78 is 0. The first kappa shape index (κ1) is 30.1. The zero-order valence-corrected chi connectivity index (χ0v) is 29.5. The van der Waals surface area contributed by atoms with E-state index in [0.717, 1.165) is 6.42 Å². The Bertz CT molecular complexity index is 2810. The average Bonchev–Trinajstić information content (AvgIpc) is 3.78. The maximum atomic E-state index is 2.45. The van der Waals surface area contributed by atoms with Crippen molar-refractivity contribution in [1.82, 2.24) is 0 Å². The molecule has 0 aliphatic heterocycles. The lowest BCUT2D eigenvalue weighted by Crippen LogP contribution is -1.94. The van der Waals surface area contributed by atoms with Crippen molar-refractivity contribution in [2.75, 3.05) is 0 Å². The largest absolute Gasteiger partial charge is 0.134 e. The summed E-state index contributed by atoms with van der Waals surface area (Å²) in [5.74, 6) is 0. The van der Waals surface area contributed by atoms with Crippen molar-refractivity contribution in [3.63, 3.8) is 0 Å². The van der Waals surface area contributed by atoms with Crippen LogP contribution in [-0.4, -0.2) is 0 Å². The number of hydrogen-bond donors (Lipinski definition) is 0. The first-order valence-corrected chi connectivity index (χ1v) is 19.1. The quantitative estimate of drug-likeness (QED) is 0.158. The topological polar surface area (TPSA) is 0 Å². The van der Waals surface area contributed by atoms with E-state index in [2.05, 4.69) is 182 Å². The molecule has 6 aromatic carbocycles. The van der Waals surface area contributed by atoms with Crippen LogP contribution < -0.4 is 0 Å². The third-order valence-electron chi connectivity index (χ3n) is 10.1. The van der Waals surface area contributed by atoms with Gasteiger partial charge in [-0.2, -0.15) is 0 Å². The summed E-state index contributed by atoms with van der Waals surface area (Å²) in [6, 6.07) is 51.5. The van der Waals surface area contributed by atoms with E-state index in [4.69, 9.17) is 0 Å². The second-order valence-corrected chi connectivity index (χ2v) is 15.5. The highest BCUT2D eigenvalue weighted by molar-refractivity contribution is 7.25. The number of allylic oxidation sites excluding steroid dienone is 10. The van der Waals surface area contributed by atoms with E-state index in [-0.39, 0.29) is 0 Å². The predicted octanol–water partition coefficient (Wildman–Crippen LogP) is 14.7. The van der Waals surface area contributed by atoms with E-state index in [1.54, 1.807) is 0 Å². The van der Waals surface area contributed by atoms with E-state index in [9.17, 15) is 0 Å². The minimum absolute atomic E-state index is 0.940. The van der Waals surface area contributed by atoms with Gasteiger partial charge in [0.05, 0.1) is 0 Å². The van der Waals surface area contributed by atoms with Crippen LogP contribution in [0.2, 0.25) is 0 Å². The van der Waals surface area contributed by atoms with Crippen LogP contribution in [0.1, 0.15) is 12.0 Å². The van der Waals surface area contributed by atoms with Gasteiger partial charge in [0, 0.05) is 19.5 Å². The van der Waals surface area contributed by atoms with E-state index in [1.165, 1.54) is 96.4 Å². The molecule has 240 valence electrons. The zero-order valence-electron chi connectivity index (χ0n) is 27.8. The molecule has 2 heterocycles. The fourth-order valence-electron chi connectivity index (χ4n) is 7.68. The second-order valence-electron chi connectivity index (χ2n) is 13.3. The van der Waals surface area contributed by atoms with Gasteiger partial charge in [-0.1, -0.05) is 146 Å². The first-order chi connectivity index (χ1) is 25.2. The molecule has 0 unspecified atom stereocenters. The molecule has 2 heteroatoms. The highest BCUT2D eigenvalue weighted by atomic mass is 32.1. The van der Waals surface area contributed by atoms with Crippen LogP contribution in [0.3, 0.4) is 0 Å². The number of benzene rings is 6. The van der Waals surface area contributed by atoms with Crippen LogP contribution in [0.15, 0.2) is 193 Å². The van der Waals surface area contributed by atoms with Crippen molar-refractivity contribution < 1.29 is 0 Å². The molecule has 0 radical (unpaired) electrons. The highest BCUT2D eigenvalue weighted by Crippen LogP contribution is 2.46. The summed E-state index contributed by atoms with van der Waals surface area (Å²) in [4.78, 5) is 5.20. The summed E-state index contributed by atoms with van der Waals surface area (Å²) in [7, 11) is 0. The molecule has 51 heavy (non-hydrogen) atoms. The predicted molar refractivity (Wildman–Crippen MR) is 223 cm³/mol. The van der Waals surface area contributed by atoms with Crippen LogP contribution in [0.5, 0.6) is 0 Å². The number of hydrogen-bond acceptors (Lipinski definition) is 2. The molecular weight excluding hydrogens is 653 g/mol. The molecule has 0 nitrogen and oxygen atoms in total. The molecule has 2 bridgehead atoms. The van der Waals surface area contributed by atoms with E-state index >= 15 is 0 Å². The van der Waals surface area contributed by atoms with Gasteiger partial charge in [0.15, 0.2) is 0 Å². The van der Waals surface area contributed by atoms with Crippen molar-refractivity contribution in [2.45, 2.75) is 6.42 Å². The van der Waals surface area contributed by atoms with Gasteiger partial charge in [-0.15, -0.1) is 22.7 Å². The summed E-state index contributed by atoms with van der Waals surface area (Å²) in [6.07, 6.45) is 16.8. The number of thiophene rings is 2. The molecule has 0 saturated heterocycles. The van der Waals surface area contributed by atoms with Gasteiger partial charge in [0.2, 0.25) is 0 Å². The summed E-state index contributed by atoms with van der Waals surface area (Å²) in [5.41, 5.74) is 10.3. The monoisotopic (exact) mass is 684 g/mol. The Morgan fingerprint density at radius 1 is 0.392 bits per heavy atom. The van der Waals surface area contributed by atoms with E-state index in [0.29, 0.717) is 0 Å². The Hall–Kier alpha value is -5.80. The summed E-state index contributed by atoms with van der Waals surface area (Å²) in [6.45, 7) is 0. The Labute approximate surface area is 306 Å². The molecular formula is C49H32S2. The van der Waals surface area contributed by atoms with Crippen molar-refractivity contribution in [1.29, 1.82) is 0 Å². The fourth-order valence-corrected chi connectivity index (χ4v) is 9.78. The lowest BCUT2D eigenvalue weighted by Gasteiger charge is -2.19. The van der Waals surface area contributed by atoms with Crippen LogP contribution in [0.4, 0.5) is 0 Å². The molecule has 0 fully saturated rings. The minimum Gasteiger partial charge on any atom is -0.134 e. The average molecular weight is 685 g/mol. The van der Waals surface area contributed by atoms with Gasteiger partial charge < -0.3 is 0 Å². The second kappa shape index (κ2) is 12.5. The van der Waals surface area contributed by atoms with Crippen molar-refractivity contribution in [3.05, 3.63) is 199 Å². The van der Waals surface area contributed by atoms with Crippen molar-refractivity contribution in [2.24, 2.45) is 0 Å². The molecule has 2 aliphatic rings. The SMILES string of the molecule is C1=CC=C2C=C(c3c4ccccc4c(-c4ccc5ccccc5c4)c4ccc(-c5ccc(-c6ccc(-c7ccccc7)s6)s5)cc34)C=CC(=C1)C2. The lowest BCUT2D eigenvalue weighted by atomic mass is 9.84. The molecule has 0 atom stereocenters. The van der Waals surface area contributed by atoms with Crippen molar-refractivity contribution in [3.8, 4) is 41.8 Å². The third-order valence-corrected chi connectivity index (χ3v) is 12.6. The zero-order chi connectivity index (χ0) is 33.7. The maximum Gasteiger partial charge on any atom is 0.0449 e.